The highest BCUT2D eigenvalue weighted by atomic mass is 32.1. The van der Waals surface area contributed by atoms with Crippen molar-refractivity contribution in [2.24, 2.45) is 23.2 Å². The van der Waals surface area contributed by atoms with Crippen LogP contribution in [0.4, 0.5) is 11.5 Å². The van der Waals surface area contributed by atoms with Gasteiger partial charge in [0.25, 0.3) is 0 Å². The van der Waals surface area contributed by atoms with Crippen LogP contribution in [0.1, 0.15) is 61.1 Å². The molecule has 3 N–H and O–H groups in total. The van der Waals surface area contributed by atoms with E-state index in [0.29, 0.717) is 6.42 Å². The summed E-state index contributed by atoms with van der Waals surface area (Å²) in [5.41, 5.74) is 2.06. The number of thiophene rings is 1. The van der Waals surface area contributed by atoms with E-state index in [1.807, 2.05) is 35.6 Å². The second-order valence-electron chi connectivity index (χ2n) is 11.7. The van der Waals surface area contributed by atoms with E-state index in [4.69, 9.17) is 4.98 Å². The first-order valence-corrected chi connectivity index (χ1v) is 14.5. The van der Waals surface area contributed by atoms with E-state index in [1.165, 1.54) is 48.3 Å². The number of carbonyl (C=O) groups is 1. The maximum atomic E-state index is 13.2. The number of rotatable bonds is 10. The van der Waals surface area contributed by atoms with Gasteiger partial charge in [-0.3, -0.25) is 4.79 Å². The topological polar surface area (TPSA) is 66.0 Å². The molecule has 7 rings (SSSR count). The molecule has 2 heterocycles. The van der Waals surface area contributed by atoms with Gasteiger partial charge in [0.05, 0.1) is 11.2 Å². The van der Waals surface area contributed by atoms with Crippen molar-refractivity contribution in [2.45, 2.75) is 64.8 Å². The summed E-state index contributed by atoms with van der Waals surface area (Å²) in [6.07, 6.45) is 9.75. The molecule has 1 aromatic carbocycles. The highest BCUT2D eigenvalue weighted by Crippen LogP contribution is 2.61. The van der Waals surface area contributed by atoms with Gasteiger partial charge in [-0.1, -0.05) is 6.07 Å². The zero-order valence-electron chi connectivity index (χ0n) is 21.3. The largest absolute Gasteiger partial charge is 0.370 e. The van der Waals surface area contributed by atoms with E-state index in [-0.39, 0.29) is 11.3 Å². The third-order valence-electron chi connectivity index (χ3n) is 8.64. The molecule has 6 heteroatoms. The number of aromatic nitrogens is 1. The normalized spacial score (nSPS) is 26.4. The zero-order chi connectivity index (χ0) is 24.5. The molecule has 4 saturated carbocycles. The lowest BCUT2D eigenvalue weighted by molar-refractivity contribution is -0.124. The Morgan fingerprint density at radius 1 is 1.00 bits per heavy atom. The van der Waals surface area contributed by atoms with E-state index >= 15 is 0 Å². The Hall–Kier alpha value is -2.44. The summed E-state index contributed by atoms with van der Waals surface area (Å²) in [5.74, 6) is 3.68. The Morgan fingerprint density at radius 3 is 2.50 bits per heavy atom. The maximum Gasteiger partial charge on any atom is 0.224 e. The summed E-state index contributed by atoms with van der Waals surface area (Å²) in [7, 11) is 0. The van der Waals surface area contributed by atoms with Crippen LogP contribution in [0.25, 0.3) is 10.9 Å². The Kier molecular flexibility index (Phi) is 6.74. The van der Waals surface area contributed by atoms with E-state index in [1.54, 1.807) is 0 Å². The fourth-order valence-electron chi connectivity index (χ4n) is 7.63. The lowest BCUT2D eigenvalue weighted by Gasteiger charge is -2.56. The van der Waals surface area contributed by atoms with Crippen LogP contribution < -0.4 is 16.0 Å². The third-order valence-corrected chi connectivity index (χ3v) is 9.64. The minimum atomic E-state index is 0.178. The van der Waals surface area contributed by atoms with Gasteiger partial charge in [-0.25, -0.2) is 4.98 Å². The molecule has 0 aliphatic heterocycles. The lowest BCUT2D eigenvalue weighted by atomic mass is 9.49. The first kappa shape index (κ1) is 23.9. The summed E-state index contributed by atoms with van der Waals surface area (Å²) in [6.45, 7) is 4.92. The molecule has 4 bridgehead atoms. The van der Waals surface area contributed by atoms with Gasteiger partial charge in [-0.05, 0) is 118 Å². The van der Waals surface area contributed by atoms with Crippen LogP contribution in [-0.2, 0) is 11.3 Å². The SMILES string of the molecule is Cc1ccc(CNCCCNc2ccc3c(NC(=O)CC45CC6CC(CC(C6)C4)C5)cccc3n2)s1. The minimum Gasteiger partial charge on any atom is -0.370 e. The predicted octanol–water partition coefficient (Wildman–Crippen LogP) is 6.74. The summed E-state index contributed by atoms with van der Waals surface area (Å²) in [4.78, 5) is 20.7. The molecule has 4 aliphatic rings. The van der Waals surface area contributed by atoms with Gasteiger partial charge in [0.2, 0.25) is 5.91 Å². The number of nitrogens with one attached hydrogen (secondary N) is 3. The molecule has 0 spiro atoms. The molecular formula is C30H38N4OS. The molecule has 0 radical (unpaired) electrons. The third kappa shape index (κ3) is 5.30. The Labute approximate surface area is 218 Å². The molecule has 4 aliphatic carbocycles. The van der Waals surface area contributed by atoms with Gasteiger partial charge in [-0.2, -0.15) is 0 Å². The summed E-state index contributed by atoms with van der Waals surface area (Å²) in [6, 6.07) is 14.5. The first-order valence-electron chi connectivity index (χ1n) is 13.7. The Balaban J connectivity index is 1.02. The number of carbonyl (C=O) groups excluding carboxylic acids is 1. The van der Waals surface area contributed by atoms with Gasteiger partial charge >= 0.3 is 0 Å². The van der Waals surface area contributed by atoms with E-state index in [9.17, 15) is 4.79 Å². The number of nitrogens with zero attached hydrogens (tertiary/aromatic N) is 1. The lowest BCUT2D eigenvalue weighted by Crippen LogP contribution is -2.47. The van der Waals surface area contributed by atoms with Gasteiger partial charge < -0.3 is 16.0 Å². The second kappa shape index (κ2) is 10.1. The second-order valence-corrected chi connectivity index (χ2v) is 13.1. The van der Waals surface area contributed by atoms with Gasteiger partial charge in [0.1, 0.15) is 5.82 Å². The molecule has 2 aromatic heterocycles. The zero-order valence-corrected chi connectivity index (χ0v) is 22.1. The number of hydrogen-bond donors (Lipinski definition) is 3. The molecular weight excluding hydrogens is 464 g/mol. The Bertz CT molecular complexity index is 1200. The smallest absolute Gasteiger partial charge is 0.224 e. The maximum absolute atomic E-state index is 13.2. The van der Waals surface area contributed by atoms with Crippen molar-refractivity contribution in [3.8, 4) is 0 Å². The fraction of sp³-hybridized carbons (Fsp3) is 0.533. The van der Waals surface area contributed by atoms with Gasteiger partial charge in [0.15, 0.2) is 0 Å². The van der Waals surface area contributed by atoms with Gasteiger partial charge in [0, 0.05) is 34.7 Å². The molecule has 190 valence electrons. The standard InChI is InChI=1S/C30H38N4OS/c1-20-6-7-24(36-20)19-31-10-3-11-32-28-9-8-25-26(33-28)4-2-5-27(25)34-29(35)18-30-15-21-12-22(16-30)14-23(13-21)17-30/h2,4-9,21-23,31H,3,10-19H2,1H3,(H,32,33)(H,34,35). The summed E-state index contributed by atoms with van der Waals surface area (Å²) < 4.78 is 0. The molecule has 0 atom stereocenters. The molecule has 36 heavy (non-hydrogen) atoms. The molecule has 0 saturated heterocycles. The van der Waals surface area contributed by atoms with Crippen LogP contribution in [0.2, 0.25) is 0 Å². The molecule has 5 nitrogen and oxygen atoms in total. The summed E-state index contributed by atoms with van der Waals surface area (Å²) in [5, 5.41) is 11.2. The van der Waals surface area contributed by atoms with Crippen LogP contribution in [0.15, 0.2) is 42.5 Å². The van der Waals surface area contributed by atoms with Crippen molar-refractivity contribution >= 4 is 39.7 Å². The molecule has 3 aromatic rings. The predicted molar refractivity (Wildman–Crippen MR) is 149 cm³/mol. The van der Waals surface area contributed by atoms with Crippen LogP contribution in [0.3, 0.4) is 0 Å². The number of aryl methyl sites for hydroxylation is 1. The number of anilines is 2. The van der Waals surface area contributed by atoms with Crippen molar-refractivity contribution in [1.29, 1.82) is 0 Å². The Morgan fingerprint density at radius 2 is 1.78 bits per heavy atom. The first-order chi connectivity index (χ1) is 17.5. The number of pyridine rings is 1. The average molecular weight is 503 g/mol. The summed E-state index contributed by atoms with van der Waals surface area (Å²) >= 11 is 1.85. The number of benzene rings is 1. The molecule has 0 unspecified atom stereocenters. The van der Waals surface area contributed by atoms with E-state index in [2.05, 4.69) is 41.1 Å². The average Bonchev–Trinajstić information content (AvgIpc) is 3.25. The number of amides is 1. The van der Waals surface area contributed by atoms with Crippen LogP contribution in [-0.4, -0.2) is 24.0 Å². The number of fused-ring (bicyclic) bond motifs is 1. The highest BCUT2D eigenvalue weighted by Gasteiger charge is 2.51. The molecule has 4 fully saturated rings. The van der Waals surface area contributed by atoms with E-state index < -0.39 is 0 Å². The van der Waals surface area contributed by atoms with Crippen molar-refractivity contribution in [2.75, 3.05) is 23.7 Å². The highest BCUT2D eigenvalue weighted by molar-refractivity contribution is 7.11. The monoisotopic (exact) mass is 502 g/mol. The van der Waals surface area contributed by atoms with Crippen LogP contribution >= 0.6 is 11.3 Å². The van der Waals surface area contributed by atoms with Crippen molar-refractivity contribution in [3.05, 3.63) is 52.2 Å². The quantitative estimate of drug-likeness (QED) is 0.269. The van der Waals surface area contributed by atoms with Crippen LogP contribution in [0.5, 0.6) is 0 Å². The van der Waals surface area contributed by atoms with E-state index in [0.717, 1.165) is 66.2 Å². The van der Waals surface area contributed by atoms with Crippen molar-refractivity contribution in [1.82, 2.24) is 10.3 Å². The van der Waals surface area contributed by atoms with Crippen LogP contribution in [0, 0.1) is 30.1 Å². The minimum absolute atomic E-state index is 0.178. The van der Waals surface area contributed by atoms with Crippen molar-refractivity contribution < 1.29 is 4.79 Å². The van der Waals surface area contributed by atoms with Crippen molar-refractivity contribution in [3.63, 3.8) is 0 Å². The number of hydrogen-bond acceptors (Lipinski definition) is 5. The molecule has 1 amide bonds. The van der Waals surface area contributed by atoms with Gasteiger partial charge in [-0.15, -0.1) is 11.3 Å². The fourth-order valence-corrected chi connectivity index (χ4v) is 8.49.